The Morgan fingerprint density at radius 1 is 0.897 bits per heavy atom. The van der Waals surface area contributed by atoms with Crippen molar-refractivity contribution in [3.63, 3.8) is 0 Å². The molecule has 2 aromatic heterocycles. The molecule has 0 saturated carbocycles. The van der Waals surface area contributed by atoms with Gasteiger partial charge in [-0.15, -0.1) is 0 Å². The molecule has 0 N–H and O–H groups in total. The van der Waals surface area contributed by atoms with Gasteiger partial charge in [-0.1, -0.05) is 6.07 Å². The molecular weight excluding hydrogens is 364 g/mol. The number of hydrogen-bond acceptors (Lipinski definition) is 6. The van der Waals surface area contributed by atoms with E-state index in [9.17, 15) is 4.79 Å². The van der Waals surface area contributed by atoms with Gasteiger partial charge in [-0.05, 0) is 44.0 Å². The van der Waals surface area contributed by atoms with Crippen molar-refractivity contribution < 1.29 is 0 Å². The SMILES string of the molecule is O=c1cccc2n1C[C@@H]1C[C@H]2CN(CCCN2CCN(c3ncccn3)CC2)C1. The Morgan fingerprint density at radius 2 is 1.69 bits per heavy atom. The maximum absolute atomic E-state index is 12.2. The predicted octanol–water partition coefficient (Wildman–Crippen LogP) is 1.27. The fourth-order valence-corrected chi connectivity index (χ4v) is 5.32. The summed E-state index contributed by atoms with van der Waals surface area (Å²) in [6.07, 6.45) is 6.08. The molecule has 2 fully saturated rings. The van der Waals surface area contributed by atoms with E-state index in [4.69, 9.17) is 0 Å². The number of nitrogens with zero attached hydrogens (tertiary/aromatic N) is 6. The average molecular weight is 395 g/mol. The first-order chi connectivity index (χ1) is 14.3. The topological polar surface area (TPSA) is 57.5 Å². The molecule has 2 atom stereocenters. The molecule has 3 aliphatic heterocycles. The van der Waals surface area contributed by atoms with Crippen LogP contribution in [0.1, 0.15) is 24.5 Å². The summed E-state index contributed by atoms with van der Waals surface area (Å²) < 4.78 is 2.02. The monoisotopic (exact) mass is 394 g/mol. The number of anilines is 1. The second-order valence-corrected chi connectivity index (χ2v) is 8.69. The Kier molecular flexibility index (Phi) is 5.33. The lowest BCUT2D eigenvalue weighted by Gasteiger charge is -2.43. The molecule has 2 bridgehead atoms. The molecule has 2 aromatic rings. The molecule has 0 radical (unpaired) electrons. The van der Waals surface area contributed by atoms with Crippen molar-refractivity contribution in [1.82, 2.24) is 24.3 Å². The third-order valence-corrected chi connectivity index (χ3v) is 6.71. The second-order valence-electron chi connectivity index (χ2n) is 8.69. The first-order valence-corrected chi connectivity index (χ1v) is 10.9. The van der Waals surface area contributed by atoms with Crippen LogP contribution in [0.3, 0.4) is 0 Å². The maximum Gasteiger partial charge on any atom is 0.250 e. The van der Waals surface area contributed by atoms with E-state index >= 15 is 0 Å². The van der Waals surface area contributed by atoms with Crippen molar-refractivity contribution in [2.24, 2.45) is 5.92 Å². The zero-order chi connectivity index (χ0) is 19.6. The molecule has 7 heteroatoms. The van der Waals surface area contributed by atoms with Gasteiger partial charge in [0.25, 0.3) is 5.56 Å². The highest BCUT2D eigenvalue weighted by Gasteiger charge is 2.34. The number of likely N-dealkylation sites (tertiary alicyclic amines) is 1. The molecule has 5 rings (SSSR count). The lowest BCUT2D eigenvalue weighted by molar-refractivity contribution is 0.114. The zero-order valence-corrected chi connectivity index (χ0v) is 17.0. The van der Waals surface area contributed by atoms with E-state index in [1.54, 1.807) is 6.07 Å². The third-order valence-electron chi connectivity index (χ3n) is 6.71. The summed E-state index contributed by atoms with van der Waals surface area (Å²) >= 11 is 0. The van der Waals surface area contributed by atoms with Gasteiger partial charge < -0.3 is 14.4 Å². The normalized spacial score (nSPS) is 25.0. The molecule has 0 aromatic carbocycles. The number of piperidine rings is 1. The Morgan fingerprint density at radius 3 is 2.52 bits per heavy atom. The van der Waals surface area contributed by atoms with Crippen LogP contribution in [0.5, 0.6) is 0 Å². The van der Waals surface area contributed by atoms with Gasteiger partial charge in [0.15, 0.2) is 0 Å². The van der Waals surface area contributed by atoms with Crippen LogP contribution in [0.2, 0.25) is 0 Å². The van der Waals surface area contributed by atoms with Crippen LogP contribution in [0.25, 0.3) is 0 Å². The van der Waals surface area contributed by atoms with Crippen molar-refractivity contribution in [1.29, 1.82) is 0 Å². The van der Waals surface area contributed by atoms with Crippen LogP contribution >= 0.6 is 0 Å². The fraction of sp³-hybridized carbons (Fsp3) is 0.591. The van der Waals surface area contributed by atoms with Crippen LogP contribution in [-0.4, -0.2) is 76.7 Å². The predicted molar refractivity (Wildman–Crippen MR) is 113 cm³/mol. The Balaban J connectivity index is 1.09. The molecule has 7 nitrogen and oxygen atoms in total. The highest BCUT2D eigenvalue weighted by molar-refractivity contribution is 5.29. The first-order valence-electron chi connectivity index (χ1n) is 10.9. The molecule has 29 heavy (non-hydrogen) atoms. The molecule has 0 amide bonds. The van der Waals surface area contributed by atoms with E-state index in [1.165, 1.54) is 18.5 Å². The van der Waals surface area contributed by atoms with Gasteiger partial charge in [-0.3, -0.25) is 9.69 Å². The van der Waals surface area contributed by atoms with Crippen molar-refractivity contribution in [3.05, 3.63) is 52.7 Å². The van der Waals surface area contributed by atoms with Gasteiger partial charge >= 0.3 is 0 Å². The molecule has 0 spiro atoms. The van der Waals surface area contributed by atoms with E-state index in [2.05, 4.69) is 30.7 Å². The molecule has 154 valence electrons. The third kappa shape index (κ3) is 4.07. The highest BCUT2D eigenvalue weighted by atomic mass is 16.1. The van der Waals surface area contributed by atoms with E-state index < -0.39 is 0 Å². The molecule has 3 aliphatic rings. The molecule has 0 unspecified atom stereocenters. The summed E-state index contributed by atoms with van der Waals surface area (Å²) in [5, 5.41) is 0. The zero-order valence-electron chi connectivity index (χ0n) is 17.0. The van der Waals surface area contributed by atoms with Crippen LogP contribution in [0.15, 0.2) is 41.5 Å². The standard InChI is InChI=1S/C22H30N6O/c29-21-5-1-4-20-19-14-18(16-28(20)21)15-26(17-19)9-3-8-25-10-12-27(13-11-25)22-23-6-2-7-24-22/h1-2,4-7,18-19H,3,8-17H2/t18-,19+/m1/s1. The smallest absolute Gasteiger partial charge is 0.250 e. The van der Waals surface area contributed by atoms with Crippen molar-refractivity contribution in [2.45, 2.75) is 25.3 Å². The summed E-state index contributed by atoms with van der Waals surface area (Å²) in [6, 6.07) is 7.65. The number of aromatic nitrogens is 3. The minimum absolute atomic E-state index is 0.172. The van der Waals surface area contributed by atoms with Crippen LogP contribution in [-0.2, 0) is 6.54 Å². The highest BCUT2D eigenvalue weighted by Crippen LogP contribution is 2.34. The van der Waals surface area contributed by atoms with E-state index in [-0.39, 0.29) is 5.56 Å². The van der Waals surface area contributed by atoms with Crippen LogP contribution in [0.4, 0.5) is 5.95 Å². The maximum atomic E-state index is 12.2. The van der Waals surface area contributed by atoms with Gasteiger partial charge in [-0.2, -0.15) is 0 Å². The van der Waals surface area contributed by atoms with E-state index in [0.717, 1.165) is 64.9 Å². The largest absolute Gasteiger partial charge is 0.338 e. The summed E-state index contributed by atoms with van der Waals surface area (Å²) in [5.41, 5.74) is 1.42. The van der Waals surface area contributed by atoms with Crippen molar-refractivity contribution >= 4 is 5.95 Å². The lowest BCUT2D eigenvalue weighted by atomic mass is 9.83. The number of rotatable bonds is 5. The first kappa shape index (κ1) is 18.8. The van der Waals surface area contributed by atoms with Crippen LogP contribution < -0.4 is 10.5 Å². The molecule has 2 saturated heterocycles. The minimum Gasteiger partial charge on any atom is -0.338 e. The number of hydrogen-bond donors (Lipinski definition) is 0. The number of piperazine rings is 1. The summed E-state index contributed by atoms with van der Waals surface area (Å²) in [5.74, 6) is 1.99. The van der Waals surface area contributed by atoms with Crippen molar-refractivity contribution in [2.75, 3.05) is 57.3 Å². The quantitative estimate of drug-likeness (QED) is 0.761. The van der Waals surface area contributed by atoms with E-state index in [0.29, 0.717) is 11.8 Å². The average Bonchev–Trinajstić information content (AvgIpc) is 2.76. The number of pyridine rings is 1. The van der Waals surface area contributed by atoms with Gasteiger partial charge in [-0.25, -0.2) is 9.97 Å². The lowest BCUT2D eigenvalue weighted by Crippen LogP contribution is -2.49. The summed E-state index contributed by atoms with van der Waals surface area (Å²) in [7, 11) is 0. The Labute approximate surface area is 172 Å². The van der Waals surface area contributed by atoms with Gasteiger partial charge in [0.2, 0.25) is 5.95 Å². The minimum atomic E-state index is 0.172. The van der Waals surface area contributed by atoms with Gasteiger partial charge in [0.1, 0.15) is 0 Å². The number of fused-ring (bicyclic) bond motifs is 4. The van der Waals surface area contributed by atoms with E-state index in [1.807, 2.05) is 29.1 Å². The molecular formula is C22H30N6O. The summed E-state index contributed by atoms with van der Waals surface area (Å²) in [6.45, 7) is 9.62. The summed E-state index contributed by atoms with van der Waals surface area (Å²) in [4.78, 5) is 28.4. The Hall–Kier alpha value is -2.25. The van der Waals surface area contributed by atoms with Gasteiger partial charge in [0.05, 0.1) is 0 Å². The second kappa shape index (κ2) is 8.24. The van der Waals surface area contributed by atoms with Crippen molar-refractivity contribution in [3.8, 4) is 0 Å². The molecule has 0 aliphatic carbocycles. The fourth-order valence-electron chi connectivity index (χ4n) is 5.32. The molecule has 5 heterocycles. The van der Waals surface area contributed by atoms with Gasteiger partial charge in [0, 0.05) is 75.9 Å². The Bertz CT molecular complexity index is 876. The van der Waals surface area contributed by atoms with Crippen LogP contribution in [0, 0.1) is 5.92 Å².